The summed E-state index contributed by atoms with van der Waals surface area (Å²) in [7, 11) is 0. The second-order valence-electron chi connectivity index (χ2n) is 8.18. The largest absolute Gasteiger partial charge is 0.337 e. The first kappa shape index (κ1) is 17.0. The lowest BCUT2D eigenvalue weighted by Gasteiger charge is -2.24. The first-order valence-electron chi connectivity index (χ1n) is 8.17. The number of likely N-dealkylation sites (tertiary alicyclic amines) is 1. The van der Waals surface area contributed by atoms with Gasteiger partial charge in [0.2, 0.25) is 0 Å². The van der Waals surface area contributed by atoms with Gasteiger partial charge in [0.05, 0.1) is 5.54 Å². The van der Waals surface area contributed by atoms with E-state index in [1.54, 1.807) is 0 Å². The van der Waals surface area contributed by atoms with Gasteiger partial charge < -0.3 is 10.6 Å². The van der Waals surface area contributed by atoms with E-state index in [0.29, 0.717) is 18.2 Å². The van der Waals surface area contributed by atoms with E-state index in [1.165, 1.54) is 0 Å². The van der Waals surface area contributed by atoms with Crippen molar-refractivity contribution in [3.63, 3.8) is 0 Å². The minimum atomic E-state index is -0.130. The highest BCUT2D eigenvalue weighted by molar-refractivity contribution is 5.92. The molecule has 2 rings (SSSR count). The van der Waals surface area contributed by atoms with Gasteiger partial charge in [-0.05, 0) is 51.1 Å². The van der Waals surface area contributed by atoms with Crippen LogP contribution in [0.1, 0.15) is 70.1 Å². The van der Waals surface area contributed by atoms with Crippen molar-refractivity contribution in [1.82, 2.24) is 14.7 Å². The Balaban J connectivity index is 2.28. The number of hydrogen-bond donors (Lipinski definition) is 1. The van der Waals surface area contributed by atoms with Gasteiger partial charge in [-0.15, -0.1) is 0 Å². The third-order valence-electron chi connectivity index (χ3n) is 4.52. The summed E-state index contributed by atoms with van der Waals surface area (Å²) in [6.45, 7) is 14.9. The van der Waals surface area contributed by atoms with E-state index in [1.807, 2.05) is 15.6 Å². The molecule has 0 saturated carbocycles. The third-order valence-corrected chi connectivity index (χ3v) is 4.52. The molecule has 0 aliphatic carbocycles. The van der Waals surface area contributed by atoms with Crippen molar-refractivity contribution in [3.8, 4) is 0 Å². The summed E-state index contributed by atoms with van der Waals surface area (Å²) in [5.41, 5.74) is 7.41. The van der Waals surface area contributed by atoms with Crippen LogP contribution in [0.3, 0.4) is 0 Å². The maximum absolute atomic E-state index is 12.8. The molecular weight excluding hydrogens is 276 g/mol. The molecule has 1 aliphatic rings. The number of aromatic nitrogens is 2. The molecule has 1 atom stereocenters. The van der Waals surface area contributed by atoms with Crippen molar-refractivity contribution < 1.29 is 4.79 Å². The van der Waals surface area contributed by atoms with E-state index >= 15 is 0 Å². The minimum absolute atomic E-state index is 0.0297. The maximum atomic E-state index is 12.8. The average Bonchev–Trinajstić information content (AvgIpc) is 3.02. The zero-order chi connectivity index (χ0) is 16.7. The van der Waals surface area contributed by atoms with E-state index < -0.39 is 0 Å². The number of rotatable bonds is 3. The Kier molecular flexibility index (Phi) is 4.39. The van der Waals surface area contributed by atoms with Crippen molar-refractivity contribution in [2.24, 2.45) is 11.1 Å². The molecule has 1 unspecified atom stereocenters. The van der Waals surface area contributed by atoms with Gasteiger partial charge in [-0.1, -0.05) is 20.8 Å². The molecule has 0 spiro atoms. The first-order chi connectivity index (χ1) is 10.1. The van der Waals surface area contributed by atoms with E-state index in [0.717, 1.165) is 25.2 Å². The fourth-order valence-electron chi connectivity index (χ4n) is 2.97. The number of nitrogens with two attached hydrogens (primary N) is 1. The fraction of sp³-hybridized carbons (Fsp3) is 0.765. The van der Waals surface area contributed by atoms with Crippen molar-refractivity contribution in [1.29, 1.82) is 0 Å². The van der Waals surface area contributed by atoms with Crippen LogP contribution in [0, 0.1) is 5.41 Å². The van der Waals surface area contributed by atoms with Gasteiger partial charge in [0, 0.05) is 18.8 Å². The summed E-state index contributed by atoms with van der Waals surface area (Å²) in [5, 5.41) is 4.62. The molecule has 0 aromatic carbocycles. The lowest BCUT2D eigenvalue weighted by molar-refractivity contribution is 0.0769. The molecule has 1 aliphatic heterocycles. The summed E-state index contributed by atoms with van der Waals surface area (Å²) in [6.07, 6.45) is 0.965. The highest BCUT2D eigenvalue weighted by atomic mass is 16.2. The maximum Gasteiger partial charge on any atom is 0.274 e. The number of amides is 1. The van der Waals surface area contributed by atoms with Crippen LogP contribution in [0.2, 0.25) is 0 Å². The van der Waals surface area contributed by atoms with Crippen LogP contribution < -0.4 is 5.73 Å². The van der Waals surface area contributed by atoms with E-state index in [4.69, 9.17) is 5.73 Å². The number of hydrogen-bond acceptors (Lipinski definition) is 3. The Morgan fingerprint density at radius 1 is 1.45 bits per heavy atom. The minimum Gasteiger partial charge on any atom is -0.337 e. The van der Waals surface area contributed by atoms with Crippen molar-refractivity contribution in [2.45, 2.75) is 59.4 Å². The lowest BCUT2D eigenvalue weighted by Crippen LogP contribution is -2.35. The van der Waals surface area contributed by atoms with Crippen LogP contribution in [-0.2, 0) is 5.54 Å². The van der Waals surface area contributed by atoms with Gasteiger partial charge in [-0.25, -0.2) is 0 Å². The molecule has 1 aromatic heterocycles. The summed E-state index contributed by atoms with van der Waals surface area (Å²) in [6, 6.07) is 1.95. The predicted molar refractivity (Wildman–Crippen MR) is 89.0 cm³/mol. The van der Waals surface area contributed by atoms with Gasteiger partial charge in [0.15, 0.2) is 5.69 Å². The average molecular weight is 306 g/mol. The standard InChI is InChI=1S/C17H30N4O/c1-12(2)14-9-13(19-21(14)16(3,4)5)15(22)20-8-7-17(6,10-18)11-20/h9,12H,7-8,10-11,18H2,1-6H3. The molecule has 22 heavy (non-hydrogen) atoms. The van der Waals surface area contributed by atoms with Crippen LogP contribution in [-0.4, -0.2) is 40.2 Å². The number of nitrogens with zero attached hydrogens (tertiary/aromatic N) is 3. The van der Waals surface area contributed by atoms with Crippen LogP contribution >= 0.6 is 0 Å². The molecule has 2 heterocycles. The Hall–Kier alpha value is -1.36. The first-order valence-corrected chi connectivity index (χ1v) is 8.17. The molecule has 124 valence electrons. The normalized spacial score (nSPS) is 22.6. The van der Waals surface area contributed by atoms with Gasteiger partial charge in [-0.3, -0.25) is 9.48 Å². The SMILES string of the molecule is CC(C)c1cc(C(=O)N2CCC(C)(CN)C2)nn1C(C)(C)C. The molecule has 5 nitrogen and oxygen atoms in total. The fourth-order valence-corrected chi connectivity index (χ4v) is 2.97. The molecule has 1 amide bonds. The van der Waals surface area contributed by atoms with Gasteiger partial charge in [-0.2, -0.15) is 5.10 Å². The smallest absolute Gasteiger partial charge is 0.274 e. The van der Waals surface area contributed by atoms with E-state index in [9.17, 15) is 4.79 Å². The summed E-state index contributed by atoms with van der Waals surface area (Å²) >= 11 is 0. The van der Waals surface area contributed by atoms with Crippen molar-refractivity contribution in [3.05, 3.63) is 17.5 Å². The van der Waals surface area contributed by atoms with Crippen molar-refractivity contribution in [2.75, 3.05) is 19.6 Å². The van der Waals surface area contributed by atoms with Crippen LogP contribution in [0.15, 0.2) is 6.07 Å². The molecule has 0 bridgehead atoms. The second-order valence-corrected chi connectivity index (χ2v) is 8.18. The monoisotopic (exact) mass is 306 g/mol. The summed E-state index contributed by atoms with van der Waals surface area (Å²) < 4.78 is 1.99. The zero-order valence-electron chi connectivity index (χ0n) is 14.8. The molecule has 1 saturated heterocycles. The molecule has 1 fully saturated rings. The molecule has 1 aromatic rings. The number of carbonyl (C=O) groups is 1. The Bertz CT molecular complexity index is 555. The quantitative estimate of drug-likeness (QED) is 0.933. The summed E-state index contributed by atoms with van der Waals surface area (Å²) in [5.74, 6) is 0.364. The van der Waals surface area contributed by atoms with E-state index in [-0.39, 0.29) is 16.9 Å². The van der Waals surface area contributed by atoms with Gasteiger partial charge in [0.25, 0.3) is 5.91 Å². The lowest BCUT2D eigenvalue weighted by atomic mass is 9.90. The predicted octanol–water partition coefficient (Wildman–Crippen LogP) is 2.57. The van der Waals surface area contributed by atoms with Crippen molar-refractivity contribution >= 4 is 5.91 Å². The molecule has 0 radical (unpaired) electrons. The number of carbonyl (C=O) groups excluding carboxylic acids is 1. The third kappa shape index (κ3) is 3.19. The van der Waals surface area contributed by atoms with Gasteiger partial charge in [0.1, 0.15) is 0 Å². The molecular formula is C17H30N4O. The Morgan fingerprint density at radius 3 is 2.50 bits per heavy atom. The van der Waals surface area contributed by atoms with Crippen LogP contribution in [0.5, 0.6) is 0 Å². The van der Waals surface area contributed by atoms with Crippen LogP contribution in [0.25, 0.3) is 0 Å². The highest BCUT2D eigenvalue weighted by Gasteiger charge is 2.36. The highest BCUT2D eigenvalue weighted by Crippen LogP contribution is 2.30. The Morgan fingerprint density at radius 2 is 2.09 bits per heavy atom. The Labute approximate surface area is 133 Å². The van der Waals surface area contributed by atoms with Crippen LogP contribution in [0.4, 0.5) is 0 Å². The van der Waals surface area contributed by atoms with E-state index in [2.05, 4.69) is 46.6 Å². The molecule has 5 heteroatoms. The zero-order valence-corrected chi connectivity index (χ0v) is 14.8. The second kappa shape index (κ2) is 5.69. The topological polar surface area (TPSA) is 64.2 Å². The summed E-state index contributed by atoms with van der Waals surface area (Å²) in [4.78, 5) is 14.7. The van der Waals surface area contributed by atoms with Gasteiger partial charge >= 0.3 is 0 Å². The molecule has 2 N–H and O–H groups in total.